The normalized spacial score (nSPS) is 12.8. The van der Waals surface area contributed by atoms with E-state index in [1.807, 2.05) is 35.7 Å². The lowest BCUT2D eigenvalue weighted by atomic mass is 10.1. The van der Waals surface area contributed by atoms with Gasteiger partial charge in [0.05, 0.1) is 6.54 Å². The number of thiophene rings is 1. The Labute approximate surface area is 146 Å². The number of benzene rings is 1. The third-order valence-corrected chi connectivity index (χ3v) is 5.03. The quantitative estimate of drug-likeness (QED) is 0.782. The average Bonchev–Trinajstić information content (AvgIpc) is 3.22. The van der Waals surface area contributed by atoms with Gasteiger partial charge in [-0.3, -0.25) is 9.59 Å². The number of nitrogens with zero attached hydrogens (tertiary/aromatic N) is 2. The average molecular weight is 340 g/mol. The second-order valence-corrected chi connectivity index (χ2v) is 6.85. The van der Waals surface area contributed by atoms with Crippen LogP contribution in [0.25, 0.3) is 0 Å². The minimum atomic E-state index is -0.00706. The van der Waals surface area contributed by atoms with Crippen LogP contribution in [0.1, 0.15) is 27.7 Å². The molecule has 2 heterocycles. The van der Waals surface area contributed by atoms with Crippen LogP contribution in [0, 0.1) is 0 Å². The Morgan fingerprint density at radius 3 is 2.88 bits per heavy atom. The summed E-state index contributed by atoms with van der Waals surface area (Å²) in [4.78, 5) is 29.2. The molecule has 0 aliphatic carbocycles. The van der Waals surface area contributed by atoms with Gasteiger partial charge in [-0.1, -0.05) is 12.1 Å². The van der Waals surface area contributed by atoms with Crippen molar-refractivity contribution in [2.45, 2.75) is 19.9 Å². The Kier molecular flexibility index (Phi) is 4.81. The van der Waals surface area contributed by atoms with E-state index in [0.29, 0.717) is 25.2 Å². The van der Waals surface area contributed by atoms with Gasteiger partial charge in [0.15, 0.2) is 0 Å². The van der Waals surface area contributed by atoms with Crippen LogP contribution < -0.4 is 4.90 Å². The maximum Gasteiger partial charge on any atom is 0.254 e. The lowest BCUT2D eigenvalue weighted by Crippen LogP contribution is -2.30. The van der Waals surface area contributed by atoms with Crippen molar-refractivity contribution in [3.8, 4) is 0 Å². The van der Waals surface area contributed by atoms with E-state index in [4.69, 9.17) is 0 Å². The molecule has 4 nitrogen and oxygen atoms in total. The fourth-order valence-corrected chi connectivity index (χ4v) is 3.73. The van der Waals surface area contributed by atoms with E-state index in [-0.39, 0.29) is 11.8 Å². The van der Waals surface area contributed by atoms with Gasteiger partial charge in [-0.2, -0.15) is 0 Å². The van der Waals surface area contributed by atoms with E-state index >= 15 is 0 Å². The molecule has 0 bridgehead atoms. The fraction of sp³-hybridized carbons (Fsp3) is 0.263. The highest BCUT2D eigenvalue weighted by Gasteiger charge is 2.24. The first-order valence-electron chi connectivity index (χ1n) is 7.93. The first-order chi connectivity index (χ1) is 11.6. The molecule has 0 N–H and O–H groups in total. The summed E-state index contributed by atoms with van der Waals surface area (Å²) in [6, 6.07) is 9.63. The number of hydrogen-bond donors (Lipinski definition) is 0. The zero-order valence-corrected chi connectivity index (χ0v) is 14.5. The van der Waals surface area contributed by atoms with Gasteiger partial charge in [0.1, 0.15) is 0 Å². The predicted octanol–water partition coefficient (Wildman–Crippen LogP) is 3.49. The van der Waals surface area contributed by atoms with Crippen molar-refractivity contribution in [1.29, 1.82) is 0 Å². The molecule has 1 aromatic carbocycles. The maximum atomic E-state index is 12.9. The van der Waals surface area contributed by atoms with Crippen LogP contribution in [-0.4, -0.2) is 29.8 Å². The lowest BCUT2D eigenvalue weighted by molar-refractivity contribution is -0.116. The van der Waals surface area contributed by atoms with Crippen LogP contribution in [0.2, 0.25) is 0 Å². The number of rotatable bonds is 5. The van der Waals surface area contributed by atoms with Gasteiger partial charge in [0.2, 0.25) is 5.91 Å². The summed E-state index contributed by atoms with van der Waals surface area (Å²) in [6.07, 6.45) is 2.54. The fourth-order valence-electron chi connectivity index (χ4n) is 3.01. The topological polar surface area (TPSA) is 40.6 Å². The Hall–Kier alpha value is -2.40. The molecule has 1 aliphatic rings. The van der Waals surface area contributed by atoms with Crippen molar-refractivity contribution in [2.24, 2.45) is 0 Å². The van der Waals surface area contributed by atoms with E-state index in [1.54, 1.807) is 34.1 Å². The molecule has 0 radical (unpaired) electrons. The molecule has 3 rings (SSSR count). The van der Waals surface area contributed by atoms with Crippen LogP contribution in [0.5, 0.6) is 0 Å². The third-order valence-electron chi connectivity index (χ3n) is 4.17. The monoisotopic (exact) mass is 340 g/mol. The molecule has 0 fully saturated rings. The zero-order chi connectivity index (χ0) is 17.1. The van der Waals surface area contributed by atoms with Gasteiger partial charge >= 0.3 is 0 Å². The van der Waals surface area contributed by atoms with Crippen LogP contribution in [0.15, 0.2) is 48.4 Å². The molecule has 5 heteroatoms. The summed E-state index contributed by atoms with van der Waals surface area (Å²) < 4.78 is 0. The van der Waals surface area contributed by atoms with Crippen molar-refractivity contribution in [1.82, 2.24) is 4.90 Å². The van der Waals surface area contributed by atoms with Gasteiger partial charge < -0.3 is 9.80 Å². The Morgan fingerprint density at radius 2 is 2.21 bits per heavy atom. The SMILES string of the molecule is C=CCN(Cc1cccs1)C(=O)c1ccc2c(c1)CCN2C(C)=O. The van der Waals surface area contributed by atoms with Gasteiger partial charge in [0, 0.05) is 36.1 Å². The van der Waals surface area contributed by atoms with E-state index in [9.17, 15) is 9.59 Å². The largest absolute Gasteiger partial charge is 0.330 e. The van der Waals surface area contributed by atoms with Gasteiger partial charge in [-0.25, -0.2) is 0 Å². The maximum absolute atomic E-state index is 12.9. The number of carbonyl (C=O) groups excluding carboxylic acids is 2. The highest BCUT2D eigenvalue weighted by atomic mass is 32.1. The molecule has 1 aromatic heterocycles. The molecule has 0 unspecified atom stereocenters. The summed E-state index contributed by atoms with van der Waals surface area (Å²) in [7, 11) is 0. The molecular formula is C19H20N2O2S. The predicted molar refractivity (Wildman–Crippen MR) is 97.4 cm³/mol. The minimum Gasteiger partial charge on any atom is -0.330 e. The smallest absolute Gasteiger partial charge is 0.254 e. The molecule has 124 valence electrons. The van der Waals surface area contributed by atoms with Gasteiger partial charge in [-0.15, -0.1) is 17.9 Å². The molecular weight excluding hydrogens is 320 g/mol. The number of carbonyl (C=O) groups is 2. The number of fused-ring (bicyclic) bond motifs is 1. The highest BCUT2D eigenvalue weighted by Crippen LogP contribution is 2.29. The highest BCUT2D eigenvalue weighted by molar-refractivity contribution is 7.09. The Morgan fingerprint density at radius 1 is 1.38 bits per heavy atom. The van der Waals surface area contributed by atoms with Crippen LogP contribution >= 0.6 is 11.3 Å². The first-order valence-corrected chi connectivity index (χ1v) is 8.81. The second-order valence-electron chi connectivity index (χ2n) is 5.82. The van der Waals surface area contributed by atoms with Crippen molar-refractivity contribution in [3.63, 3.8) is 0 Å². The van der Waals surface area contributed by atoms with Crippen LogP contribution in [0.4, 0.5) is 5.69 Å². The van der Waals surface area contributed by atoms with Gasteiger partial charge in [-0.05, 0) is 41.6 Å². The molecule has 0 spiro atoms. The number of hydrogen-bond acceptors (Lipinski definition) is 3. The minimum absolute atomic E-state index is 0.00706. The summed E-state index contributed by atoms with van der Waals surface area (Å²) in [5, 5.41) is 2.01. The van der Waals surface area contributed by atoms with Crippen molar-refractivity contribution in [3.05, 3.63) is 64.4 Å². The molecule has 0 saturated heterocycles. The second kappa shape index (κ2) is 7.01. The zero-order valence-electron chi connectivity index (χ0n) is 13.7. The van der Waals surface area contributed by atoms with Crippen molar-refractivity contribution in [2.75, 3.05) is 18.0 Å². The van der Waals surface area contributed by atoms with Crippen LogP contribution in [-0.2, 0) is 17.8 Å². The lowest BCUT2D eigenvalue weighted by Gasteiger charge is -2.21. The summed E-state index contributed by atoms with van der Waals surface area (Å²) in [6.45, 7) is 7.11. The van der Waals surface area contributed by atoms with Crippen LogP contribution in [0.3, 0.4) is 0 Å². The number of anilines is 1. The Balaban J connectivity index is 1.83. The first kappa shape index (κ1) is 16.5. The Bertz CT molecular complexity index is 768. The van der Waals surface area contributed by atoms with E-state index in [2.05, 4.69) is 6.58 Å². The summed E-state index contributed by atoms with van der Waals surface area (Å²) in [5.74, 6) is 0.0335. The van der Waals surface area contributed by atoms with Gasteiger partial charge in [0.25, 0.3) is 5.91 Å². The van der Waals surface area contributed by atoms with E-state index < -0.39 is 0 Å². The number of amides is 2. The molecule has 1 aliphatic heterocycles. The molecule has 2 aromatic rings. The van der Waals surface area contributed by atoms with E-state index in [1.165, 1.54) is 0 Å². The van der Waals surface area contributed by atoms with E-state index in [0.717, 1.165) is 22.5 Å². The summed E-state index contributed by atoms with van der Waals surface area (Å²) in [5.41, 5.74) is 2.65. The standard InChI is InChI=1S/C19H20N2O2S/c1-3-9-20(13-17-5-4-11-24-17)19(23)16-6-7-18-15(12-16)8-10-21(18)14(2)22/h3-7,11-12H,1,8-10,13H2,2H3. The van der Waals surface area contributed by atoms with Crippen molar-refractivity contribution < 1.29 is 9.59 Å². The molecule has 0 saturated carbocycles. The third kappa shape index (κ3) is 3.26. The molecule has 2 amide bonds. The van der Waals surface area contributed by atoms with Crippen molar-refractivity contribution >= 4 is 28.8 Å². The molecule has 0 atom stereocenters. The molecule has 24 heavy (non-hydrogen) atoms. The summed E-state index contributed by atoms with van der Waals surface area (Å²) >= 11 is 1.64.